The average molecular weight is 199 g/mol. The summed E-state index contributed by atoms with van der Waals surface area (Å²) in [4.78, 5) is 0. The second kappa shape index (κ2) is 5.13. The number of ether oxygens (including phenoxy) is 1. The molecule has 2 nitrogen and oxygen atoms in total. The molecule has 1 rings (SSSR count). The molecule has 84 valence electrons. The van der Waals surface area contributed by atoms with Gasteiger partial charge >= 0.3 is 0 Å². The third kappa shape index (κ3) is 3.58. The molecule has 14 heavy (non-hydrogen) atoms. The minimum Gasteiger partial charge on any atom is -0.381 e. The van der Waals surface area contributed by atoms with Crippen LogP contribution in [0.2, 0.25) is 0 Å². The van der Waals surface area contributed by atoms with E-state index >= 15 is 0 Å². The zero-order valence-electron chi connectivity index (χ0n) is 10.1. The van der Waals surface area contributed by atoms with Crippen molar-refractivity contribution in [1.82, 2.24) is 5.32 Å². The molecule has 2 unspecified atom stereocenters. The lowest BCUT2D eigenvalue weighted by Crippen LogP contribution is -2.38. The smallest absolute Gasteiger partial charge is 0.0495 e. The highest BCUT2D eigenvalue weighted by atomic mass is 16.5. The minimum atomic E-state index is 0.369. The van der Waals surface area contributed by atoms with Gasteiger partial charge in [0.25, 0.3) is 0 Å². The Morgan fingerprint density at radius 1 is 1.43 bits per heavy atom. The summed E-state index contributed by atoms with van der Waals surface area (Å²) in [5, 5.41) is 3.43. The van der Waals surface area contributed by atoms with E-state index in [1.807, 2.05) is 0 Å². The van der Waals surface area contributed by atoms with E-state index in [1.165, 1.54) is 19.3 Å². The molecule has 0 amide bonds. The maximum atomic E-state index is 5.39. The summed E-state index contributed by atoms with van der Waals surface area (Å²) in [5.41, 5.74) is 0.369. The number of hydrogen-bond donors (Lipinski definition) is 1. The Balaban J connectivity index is 2.26. The van der Waals surface area contributed by atoms with Crippen molar-refractivity contribution >= 4 is 0 Å². The average Bonchev–Trinajstić information content (AvgIpc) is 2.55. The molecule has 0 spiro atoms. The Kier molecular flexibility index (Phi) is 4.39. The largest absolute Gasteiger partial charge is 0.381 e. The number of hydrogen-bond acceptors (Lipinski definition) is 2. The van der Waals surface area contributed by atoms with Crippen LogP contribution in [-0.4, -0.2) is 26.3 Å². The highest BCUT2D eigenvalue weighted by Crippen LogP contribution is 2.26. The van der Waals surface area contributed by atoms with Gasteiger partial charge in [0.15, 0.2) is 0 Å². The van der Waals surface area contributed by atoms with E-state index in [-0.39, 0.29) is 0 Å². The fourth-order valence-corrected chi connectivity index (χ4v) is 2.22. The van der Waals surface area contributed by atoms with Crippen LogP contribution in [-0.2, 0) is 4.74 Å². The number of nitrogens with one attached hydrogen (secondary N) is 1. The Labute approximate surface area is 88.4 Å². The standard InChI is InChI=1S/C12H25NO/c1-12(2,3)11(13-4)6-5-10-7-8-14-9-10/h10-11,13H,5-9H2,1-4H3. The van der Waals surface area contributed by atoms with Gasteiger partial charge in [-0.25, -0.2) is 0 Å². The van der Waals surface area contributed by atoms with Crippen molar-refractivity contribution in [1.29, 1.82) is 0 Å². The highest BCUT2D eigenvalue weighted by molar-refractivity contribution is 4.80. The summed E-state index contributed by atoms with van der Waals surface area (Å²) in [6, 6.07) is 0.628. The minimum absolute atomic E-state index is 0.369. The van der Waals surface area contributed by atoms with Crippen molar-refractivity contribution in [2.75, 3.05) is 20.3 Å². The van der Waals surface area contributed by atoms with Crippen LogP contribution in [0, 0.1) is 11.3 Å². The Bertz CT molecular complexity index is 156. The van der Waals surface area contributed by atoms with Crippen LogP contribution < -0.4 is 5.32 Å². The molecule has 0 aliphatic carbocycles. The maximum Gasteiger partial charge on any atom is 0.0495 e. The summed E-state index contributed by atoms with van der Waals surface area (Å²) < 4.78 is 5.39. The van der Waals surface area contributed by atoms with Crippen LogP contribution in [0.4, 0.5) is 0 Å². The van der Waals surface area contributed by atoms with Gasteiger partial charge in [-0.1, -0.05) is 20.8 Å². The summed E-state index contributed by atoms with van der Waals surface area (Å²) in [7, 11) is 2.07. The Morgan fingerprint density at radius 3 is 2.57 bits per heavy atom. The molecule has 1 aliphatic heterocycles. The third-order valence-electron chi connectivity index (χ3n) is 3.28. The summed E-state index contributed by atoms with van der Waals surface area (Å²) in [6.07, 6.45) is 3.84. The molecule has 0 aromatic carbocycles. The van der Waals surface area contributed by atoms with Crippen molar-refractivity contribution in [3.8, 4) is 0 Å². The van der Waals surface area contributed by atoms with E-state index in [4.69, 9.17) is 4.74 Å². The fourth-order valence-electron chi connectivity index (χ4n) is 2.22. The maximum absolute atomic E-state index is 5.39. The lowest BCUT2D eigenvalue weighted by molar-refractivity contribution is 0.179. The molecule has 2 heteroatoms. The normalized spacial score (nSPS) is 25.3. The zero-order chi connectivity index (χ0) is 10.6. The van der Waals surface area contributed by atoms with Crippen molar-refractivity contribution in [3.63, 3.8) is 0 Å². The molecular formula is C12H25NO. The fraction of sp³-hybridized carbons (Fsp3) is 1.00. The van der Waals surface area contributed by atoms with Gasteiger partial charge in [-0.3, -0.25) is 0 Å². The van der Waals surface area contributed by atoms with Crippen molar-refractivity contribution in [3.05, 3.63) is 0 Å². The van der Waals surface area contributed by atoms with E-state index in [0.717, 1.165) is 19.1 Å². The second-order valence-electron chi connectivity index (χ2n) is 5.51. The predicted octanol–water partition coefficient (Wildman–Crippen LogP) is 2.44. The molecule has 2 atom stereocenters. The van der Waals surface area contributed by atoms with Gasteiger partial charge in [0, 0.05) is 19.3 Å². The van der Waals surface area contributed by atoms with Crippen LogP contribution in [0.25, 0.3) is 0 Å². The lowest BCUT2D eigenvalue weighted by atomic mass is 9.82. The van der Waals surface area contributed by atoms with Gasteiger partial charge in [-0.15, -0.1) is 0 Å². The zero-order valence-corrected chi connectivity index (χ0v) is 10.1. The quantitative estimate of drug-likeness (QED) is 0.751. The molecule has 1 aliphatic rings. The summed E-state index contributed by atoms with van der Waals surface area (Å²) in [6.45, 7) is 8.88. The monoisotopic (exact) mass is 199 g/mol. The van der Waals surface area contributed by atoms with Crippen molar-refractivity contribution in [2.45, 2.75) is 46.1 Å². The third-order valence-corrected chi connectivity index (χ3v) is 3.28. The van der Waals surface area contributed by atoms with E-state index in [1.54, 1.807) is 0 Å². The molecule has 0 bridgehead atoms. The summed E-state index contributed by atoms with van der Waals surface area (Å²) in [5.74, 6) is 0.813. The predicted molar refractivity (Wildman–Crippen MR) is 60.5 cm³/mol. The van der Waals surface area contributed by atoms with E-state index in [2.05, 4.69) is 33.1 Å². The molecule has 1 fully saturated rings. The first-order valence-corrected chi connectivity index (χ1v) is 5.79. The molecule has 0 saturated carbocycles. The van der Waals surface area contributed by atoms with Gasteiger partial charge in [0.1, 0.15) is 0 Å². The van der Waals surface area contributed by atoms with Gasteiger partial charge in [0.05, 0.1) is 0 Å². The SMILES string of the molecule is CNC(CCC1CCOC1)C(C)(C)C. The van der Waals surface area contributed by atoms with E-state index in [0.29, 0.717) is 11.5 Å². The molecule has 1 heterocycles. The van der Waals surface area contributed by atoms with Gasteiger partial charge in [-0.05, 0) is 37.6 Å². The van der Waals surface area contributed by atoms with Crippen LogP contribution >= 0.6 is 0 Å². The van der Waals surface area contributed by atoms with Gasteiger partial charge in [-0.2, -0.15) is 0 Å². The van der Waals surface area contributed by atoms with Crippen molar-refractivity contribution < 1.29 is 4.74 Å². The molecule has 0 radical (unpaired) electrons. The van der Waals surface area contributed by atoms with Crippen molar-refractivity contribution in [2.24, 2.45) is 11.3 Å². The van der Waals surface area contributed by atoms with Crippen LogP contribution in [0.1, 0.15) is 40.0 Å². The number of rotatable bonds is 4. The summed E-state index contributed by atoms with van der Waals surface area (Å²) >= 11 is 0. The first-order valence-electron chi connectivity index (χ1n) is 5.79. The molecular weight excluding hydrogens is 174 g/mol. The molecule has 0 aromatic rings. The van der Waals surface area contributed by atoms with E-state index in [9.17, 15) is 0 Å². The first kappa shape index (κ1) is 12.0. The molecule has 1 N–H and O–H groups in total. The lowest BCUT2D eigenvalue weighted by Gasteiger charge is -2.31. The highest BCUT2D eigenvalue weighted by Gasteiger charge is 2.24. The van der Waals surface area contributed by atoms with Crippen LogP contribution in [0.15, 0.2) is 0 Å². The molecule has 1 saturated heterocycles. The first-order chi connectivity index (χ1) is 6.54. The van der Waals surface area contributed by atoms with Crippen LogP contribution in [0.3, 0.4) is 0 Å². The van der Waals surface area contributed by atoms with Crippen LogP contribution in [0.5, 0.6) is 0 Å². The molecule has 0 aromatic heterocycles. The van der Waals surface area contributed by atoms with Gasteiger partial charge in [0.2, 0.25) is 0 Å². The van der Waals surface area contributed by atoms with Gasteiger partial charge < -0.3 is 10.1 Å². The topological polar surface area (TPSA) is 21.3 Å². The second-order valence-corrected chi connectivity index (χ2v) is 5.51. The van der Waals surface area contributed by atoms with E-state index < -0.39 is 0 Å². The Morgan fingerprint density at radius 2 is 2.14 bits per heavy atom. The Hall–Kier alpha value is -0.0800.